The van der Waals surface area contributed by atoms with Crippen molar-refractivity contribution in [1.82, 2.24) is 0 Å². The van der Waals surface area contributed by atoms with Gasteiger partial charge in [-0.2, -0.15) is 0 Å². The largest absolute Gasteiger partial charge is 0.450 e. The molecule has 0 heterocycles. The molecule has 0 bridgehead atoms. The van der Waals surface area contributed by atoms with Crippen LogP contribution in [-0.2, 0) is 6.61 Å². The van der Waals surface area contributed by atoms with Crippen molar-refractivity contribution in [3.8, 4) is 11.5 Å². The highest BCUT2D eigenvalue weighted by Gasteiger charge is 2.17. The van der Waals surface area contributed by atoms with Gasteiger partial charge < -0.3 is 9.84 Å². The highest BCUT2D eigenvalue weighted by atomic mass is 19.1. The van der Waals surface area contributed by atoms with Crippen molar-refractivity contribution in [3.05, 3.63) is 63.5 Å². The van der Waals surface area contributed by atoms with Crippen LogP contribution >= 0.6 is 0 Å². The quantitative estimate of drug-likeness (QED) is 0.687. The number of ether oxygens (including phenoxy) is 1. The summed E-state index contributed by atoms with van der Waals surface area (Å²) in [5, 5.41) is 19.9. The fourth-order valence-corrected chi connectivity index (χ4v) is 1.65. The summed E-state index contributed by atoms with van der Waals surface area (Å²) in [5.41, 5.74) is 0.583. The van der Waals surface area contributed by atoms with Gasteiger partial charge in [-0.1, -0.05) is 12.1 Å². The van der Waals surface area contributed by atoms with E-state index in [2.05, 4.69) is 0 Å². The minimum absolute atomic E-state index is 0.00421. The number of hydrogen-bond donors (Lipinski definition) is 1. The standard InChI is InChI=1S/C14H12FNO4/c1-9-2-4-11(7-12(9)15)20-14-5-3-10(8-17)6-13(14)16(18)19/h2-7,17H,8H2,1H3. The van der Waals surface area contributed by atoms with E-state index in [9.17, 15) is 14.5 Å². The van der Waals surface area contributed by atoms with Crippen LogP contribution in [0.15, 0.2) is 36.4 Å². The van der Waals surface area contributed by atoms with E-state index in [0.29, 0.717) is 11.1 Å². The summed E-state index contributed by atoms with van der Waals surface area (Å²) in [7, 11) is 0. The van der Waals surface area contributed by atoms with Crippen molar-refractivity contribution in [1.29, 1.82) is 0 Å². The molecule has 0 fully saturated rings. The van der Waals surface area contributed by atoms with E-state index in [0.717, 1.165) is 0 Å². The topological polar surface area (TPSA) is 72.6 Å². The Balaban J connectivity index is 2.37. The van der Waals surface area contributed by atoms with Gasteiger partial charge in [-0.15, -0.1) is 0 Å². The van der Waals surface area contributed by atoms with Crippen molar-refractivity contribution in [3.63, 3.8) is 0 Å². The molecule has 6 heteroatoms. The normalized spacial score (nSPS) is 10.3. The zero-order chi connectivity index (χ0) is 14.7. The van der Waals surface area contributed by atoms with Gasteiger partial charge in [-0.25, -0.2) is 4.39 Å². The summed E-state index contributed by atoms with van der Waals surface area (Å²) in [4.78, 5) is 10.4. The van der Waals surface area contributed by atoms with Gasteiger partial charge in [0, 0.05) is 12.1 Å². The maximum Gasteiger partial charge on any atom is 0.311 e. The third kappa shape index (κ3) is 2.92. The Morgan fingerprint density at radius 2 is 2.05 bits per heavy atom. The van der Waals surface area contributed by atoms with E-state index in [1.807, 2.05) is 0 Å². The van der Waals surface area contributed by atoms with Gasteiger partial charge in [0.05, 0.1) is 11.5 Å². The lowest BCUT2D eigenvalue weighted by Gasteiger charge is -2.08. The summed E-state index contributed by atoms with van der Waals surface area (Å²) in [5.74, 6) is -0.277. The molecule has 0 aliphatic heterocycles. The molecule has 0 atom stereocenters. The fourth-order valence-electron chi connectivity index (χ4n) is 1.65. The maximum atomic E-state index is 13.4. The number of benzene rings is 2. The zero-order valence-corrected chi connectivity index (χ0v) is 10.7. The molecule has 2 aromatic rings. The van der Waals surface area contributed by atoms with Crippen molar-refractivity contribution >= 4 is 5.69 Å². The Morgan fingerprint density at radius 3 is 2.65 bits per heavy atom. The van der Waals surface area contributed by atoms with Crippen molar-refractivity contribution in [2.24, 2.45) is 0 Å². The predicted octanol–water partition coefficient (Wildman–Crippen LogP) is 3.33. The van der Waals surface area contributed by atoms with Gasteiger partial charge in [0.1, 0.15) is 11.6 Å². The number of nitrogens with zero attached hydrogens (tertiary/aromatic N) is 1. The summed E-state index contributed by atoms with van der Waals surface area (Å²) in [6.45, 7) is 1.30. The zero-order valence-electron chi connectivity index (χ0n) is 10.7. The number of nitro benzene ring substituents is 1. The molecular formula is C14H12FNO4. The predicted molar refractivity (Wildman–Crippen MR) is 70.2 cm³/mol. The first kappa shape index (κ1) is 14.0. The van der Waals surface area contributed by atoms with E-state index < -0.39 is 10.7 Å². The maximum absolute atomic E-state index is 13.4. The average Bonchev–Trinajstić information content (AvgIpc) is 2.43. The molecule has 2 rings (SSSR count). The molecule has 0 saturated carbocycles. The van der Waals surface area contributed by atoms with Crippen LogP contribution in [0.25, 0.3) is 0 Å². The van der Waals surface area contributed by atoms with Gasteiger partial charge in [0.2, 0.25) is 5.75 Å². The first-order chi connectivity index (χ1) is 9.51. The van der Waals surface area contributed by atoms with Crippen molar-refractivity contribution in [2.75, 3.05) is 0 Å². The second-order valence-electron chi connectivity index (χ2n) is 4.23. The summed E-state index contributed by atoms with van der Waals surface area (Å²) in [6, 6.07) is 8.33. The van der Waals surface area contributed by atoms with Crippen LogP contribution in [-0.4, -0.2) is 10.0 Å². The average molecular weight is 277 g/mol. The van der Waals surface area contributed by atoms with E-state index >= 15 is 0 Å². The molecule has 0 aliphatic carbocycles. The number of aliphatic hydroxyl groups is 1. The Hall–Kier alpha value is -2.47. The lowest BCUT2D eigenvalue weighted by Crippen LogP contribution is -1.96. The molecule has 0 saturated heterocycles. The summed E-state index contributed by atoms with van der Waals surface area (Å²) < 4.78 is 18.8. The second kappa shape index (κ2) is 5.66. The molecule has 2 aromatic carbocycles. The van der Waals surface area contributed by atoms with Crippen LogP contribution in [0.3, 0.4) is 0 Å². The van der Waals surface area contributed by atoms with Crippen LogP contribution in [0.5, 0.6) is 11.5 Å². The molecule has 5 nitrogen and oxygen atoms in total. The number of aliphatic hydroxyl groups excluding tert-OH is 1. The van der Waals surface area contributed by atoms with Crippen LogP contribution in [0.2, 0.25) is 0 Å². The van der Waals surface area contributed by atoms with Crippen molar-refractivity contribution in [2.45, 2.75) is 13.5 Å². The van der Waals surface area contributed by atoms with Gasteiger partial charge in [0.15, 0.2) is 0 Å². The molecule has 0 aromatic heterocycles. The Morgan fingerprint density at radius 1 is 1.30 bits per heavy atom. The molecule has 104 valence electrons. The fraction of sp³-hybridized carbons (Fsp3) is 0.143. The molecular weight excluding hydrogens is 265 g/mol. The van der Waals surface area contributed by atoms with Crippen LogP contribution in [0.4, 0.5) is 10.1 Å². The molecule has 0 radical (unpaired) electrons. The van der Waals surface area contributed by atoms with Crippen LogP contribution in [0, 0.1) is 22.9 Å². The lowest BCUT2D eigenvalue weighted by molar-refractivity contribution is -0.385. The van der Waals surface area contributed by atoms with E-state index in [1.54, 1.807) is 6.92 Å². The Bertz CT molecular complexity index is 658. The first-order valence-corrected chi connectivity index (χ1v) is 5.83. The molecule has 0 spiro atoms. The van der Waals surface area contributed by atoms with Crippen molar-refractivity contribution < 1.29 is 19.2 Å². The molecule has 20 heavy (non-hydrogen) atoms. The Kier molecular flexibility index (Phi) is 3.95. The van der Waals surface area contributed by atoms with Crippen LogP contribution < -0.4 is 4.74 Å². The van der Waals surface area contributed by atoms with Gasteiger partial charge in [-0.3, -0.25) is 10.1 Å². The number of halogens is 1. The highest BCUT2D eigenvalue weighted by Crippen LogP contribution is 2.32. The van der Waals surface area contributed by atoms with Gasteiger partial charge >= 0.3 is 5.69 Å². The lowest BCUT2D eigenvalue weighted by atomic mass is 10.2. The molecule has 0 unspecified atom stereocenters. The SMILES string of the molecule is Cc1ccc(Oc2ccc(CO)cc2[N+](=O)[O-])cc1F. The number of rotatable bonds is 4. The number of hydrogen-bond acceptors (Lipinski definition) is 4. The Labute approximate surface area is 114 Å². The third-order valence-electron chi connectivity index (χ3n) is 2.77. The molecule has 0 amide bonds. The van der Waals surface area contributed by atoms with Gasteiger partial charge in [0.25, 0.3) is 0 Å². The smallest absolute Gasteiger partial charge is 0.311 e. The number of aryl methyl sites for hydroxylation is 1. The third-order valence-corrected chi connectivity index (χ3v) is 2.77. The summed E-state index contributed by atoms with van der Waals surface area (Å²) in [6.07, 6.45) is 0. The monoisotopic (exact) mass is 277 g/mol. The number of nitro groups is 1. The molecule has 0 aliphatic rings. The highest BCUT2D eigenvalue weighted by molar-refractivity contribution is 5.50. The van der Waals surface area contributed by atoms with E-state index in [4.69, 9.17) is 9.84 Å². The van der Waals surface area contributed by atoms with E-state index in [-0.39, 0.29) is 23.8 Å². The summed E-state index contributed by atoms with van der Waals surface area (Å²) >= 11 is 0. The van der Waals surface area contributed by atoms with Crippen LogP contribution in [0.1, 0.15) is 11.1 Å². The van der Waals surface area contributed by atoms with Gasteiger partial charge in [-0.05, 0) is 30.2 Å². The minimum Gasteiger partial charge on any atom is -0.450 e. The molecule has 1 N–H and O–H groups in total. The van der Waals surface area contributed by atoms with E-state index in [1.165, 1.54) is 36.4 Å². The first-order valence-electron chi connectivity index (χ1n) is 5.83. The minimum atomic E-state index is -0.612. The second-order valence-corrected chi connectivity index (χ2v) is 4.23.